The molecule has 1 aromatic heterocycles. The molecule has 1 amide bonds. The van der Waals surface area contributed by atoms with E-state index in [1.807, 2.05) is 0 Å². The maximum atomic E-state index is 12.8. The fourth-order valence-electron chi connectivity index (χ4n) is 4.39. The van der Waals surface area contributed by atoms with Gasteiger partial charge in [0, 0.05) is 17.8 Å². The highest BCUT2D eigenvalue weighted by atomic mass is 16.1. The number of nitrogens with zero attached hydrogens (tertiary/aromatic N) is 2. The third-order valence-electron chi connectivity index (χ3n) is 5.86. The molecule has 2 heterocycles. The monoisotopic (exact) mass is 352 g/mol. The number of likely N-dealkylation sites (tertiary alicyclic amines) is 1. The number of amides is 1. The van der Waals surface area contributed by atoms with Crippen molar-refractivity contribution in [2.24, 2.45) is 0 Å². The van der Waals surface area contributed by atoms with Crippen LogP contribution in [-0.2, 0) is 12.8 Å². The predicted molar refractivity (Wildman–Crippen MR) is 102 cm³/mol. The van der Waals surface area contributed by atoms with Gasteiger partial charge in [-0.05, 0) is 69.7 Å². The lowest BCUT2D eigenvalue weighted by molar-refractivity contribution is 0.0931. The van der Waals surface area contributed by atoms with Gasteiger partial charge in [0.05, 0.1) is 6.04 Å². The number of carbonyl (C=O) groups is 1. The van der Waals surface area contributed by atoms with Crippen LogP contribution >= 0.6 is 0 Å². The average Bonchev–Trinajstić information content (AvgIpc) is 3.33. The zero-order valence-electron chi connectivity index (χ0n) is 15.6. The van der Waals surface area contributed by atoms with Gasteiger partial charge in [0.25, 0.3) is 5.91 Å². The van der Waals surface area contributed by atoms with Crippen LogP contribution < -0.4 is 5.32 Å². The third-order valence-corrected chi connectivity index (χ3v) is 5.86. The molecule has 1 atom stereocenters. The van der Waals surface area contributed by atoms with Crippen molar-refractivity contribution < 1.29 is 4.79 Å². The minimum Gasteiger partial charge on any atom is -0.349 e. The molecule has 5 heteroatoms. The molecule has 26 heavy (non-hydrogen) atoms. The van der Waals surface area contributed by atoms with Crippen molar-refractivity contribution in [2.75, 3.05) is 19.6 Å². The van der Waals surface area contributed by atoms with Gasteiger partial charge in [-0.2, -0.15) is 5.10 Å². The van der Waals surface area contributed by atoms with Gasteiger partial charge >= 0.3 is 0 Å². The zero-order chi connectivity index (χ0) is 17.9. The number of H-pyrrole nitrogens is 1. The lowest BCUT2D eigenvalue weighted by Gasteiger charge is -2.29. The minimum absolute atomic E-state index is 0.0396. The minimum atomic E-state index is -0.0396. The Labute approximate surface area is 155 Å². The summed E-state index contributed by atoms with van der Waals surface area (Å²) in [4.78, 5) is 15.3. The molecule has 0 radical (unpaired) electrons. The molecule has 0 bridgehead atoms. The molecular weight excluding hydrogens is 324 g/mol. The molecule has 1 aromatic carbocycles. The van der Waals surface area contributed by atoms with Crippen LogP contribution in [0.2, 0.25) is 0 Å². The van der Waals surface area contributed by atoms with Crippen LogP contribution in [0.15, 0.2) is 24.3 Å². The molecule has 1 saturated heterocycles. The molecule has 1 unspecified atom stereocenters. The SMILES string of the molecule is Cc1ccccc1C(CNC(=O)c1n[nH]c2c1CCCC2)N1CCCC1. The maximum Gasteiger partial charge on any atom is 0.272 e. The second-order valence-corrected chi connectivity index (χ2v) is 7.56. The van der Waals surface area contributed by atoms with Gasteiger partial charge < -0.3 is 5.32 Å². The molecule has 2 aliphatic rings. The van der Waals surface area contributed by atoms with Crippen LogP contribution in [0.4, 0.5) is 0 Å². The highest BCUT2D eigenvalue weighted by Gasteiger charge is 2.27. The Bertz CT molecular complexity index is 776. The van der Waals surface area contributed by atoms with Crippen molar-refractivity contribution >= 4 is 5.91 Å². The van der Waals surface area contributed by atoms with Crippen LogP contribution in [-0.4, -0.2) is 40.6 Å². The van der Waals surface area contributed by atoms with E-state index in [-0.39, 0.29) is 11.9 Å². The van der Waals surface area contributed by atoms with E-state index in [4.69, 9.17) is 0 Å². The third kappa shape index (κ3) is 3.40. The Balaban J connectivity index is 1.50. The first-order valence-electron chi connectivity index (χ1n) is 9.88. The second kappa shape index (κ2) is 7.62. The van der Waals surface area contributed by atoms with E-state index in [1.54, 1.807) is 0 Å². The highest BCUT2D eigenvalue weighted by Crippen LogP contribution is 2.27. The van der Waals surface area contributed by atoms with E-state index in [9.17, 15) is 4.79 Å². The van der Waals surface area contributed by atoms with Crippen molar-refractivity contribution in [3.63, 3.8) is 0 Å². The van der Waals surface area contributed by atoms with Crippen molar-refractivity contribution in [2.45, 2.75) is 51.5 Å². The Hall–Kier alpha value is -2.14. The molecule has 2 N–H and O–H groups in total. The van der Waals surface area contributed by atoms with E-state index in [2.05, 4.69) is 51.6 Å². The first-order valence-corrected chi connectivity index (χ1v) is 9.88. The van der Waals surface area contributed by atoms with E-state index < -0.39 is 0 Å². The molecule has 4 rings (SSSR count). The normalized spacial score (nSPS) is 18.5. The smallest absolute Gasteiger partial charge is 0.272 e. The van der Waals surface area contributed by atoms with Gasteiger partial charge in [0.15, 0.2) is 5.69 Å². The highest BCUT2D eigenvalue weighted by molar-refractivity contribution is 5.94. The quantitative estimate of drug-likeness (QED) is 0.869. The molecule has 5 nitrogen and oxygen atoms in total. The van der Waals surface area contributed by atoms with Gasteiger partial charge in [-0.25, -0.2) is 0 Å². The number of benzene rings is 1. The lowest BCUT2D eigenvalue weighted by atomic mass is 9.95. The van der Waals surface area contributed by atoms with Crippen molar-refractivity contribution in [1.82, 2.24) is 20.4 Å². The lowest BCUT2D eigenvalue weighted by Crippen LogP contribution is -2.37. The maximum absolute atomic E-state index is 12.8. The number of rotatable bonds is 5. The Morgan fingerprint density at radius 3 is 2.77 bits per heavy atom. The summed E-state index contributed by atoms with van der Waals surface area (Å²) >= 11 is 0. The standard InChI is InChI=1S/C21H28N4O/c1-15-8-2-3-9-16(15)19(25-12-6-7-13-25)14-22-21(26)20-17-10-4-5-11-18(17)23-24-20/h2-3,8-9,19H,4-7,10-14H2,1H3,(H,22,26)(H,23,24). The summed E-state index contributed by atoms with van der Waals surface area (Å²) in [5.74, 6) is -0.0396. The first-order chi connectivity index (χ1) is 12.7. The molecule has 138 valence electrons. The molecule has 1 aliphatic heterocycles. The van der Waals surface area contributed by atoms with E-state index in [0.29, 0.717) is 12.2 Å². The van der Waals surface area contributed by atoms with E-state index in [0.717, 1.165) is 43.6 Å². The number of hydrogen-bond acceptors (Lipinski definition) is 3. The van der Waals surface area contributed by atoms with E-state index in [1.165, 1.54) is 30.4 Å². The zero-order valence-corrected chi connectivity index (χ0v) is 15.6. The Morgan fingerprint density at radius 1 is 1.19 bits per heavy atom. The van der Waals surface area contributed by atoms with Gasteiger partial charge in [0.1, 0.15) is 0 Å². The van der Waals surface area contributed by atoms with Gasteiger partial charge in [-0.15, -0.1) is 0 Å². The summed E-state index contributed by atoms with van der Waals surface area (Å²) in [6.07, 6.45) is 6.77. The number of carbonyl (C=O) groups excluding carboxylic acids is 1. The van der Waals surface area contributed by atoms with Crippen LogP contribution in [0.3, 0.4) is 0 Å². The average molecular weight is 352 g/mol. The van der Waals surface area contributed by atoms with Crippen LogP contribution in [0.25, 0.3) is 0 Å². The van der Waals surface area contributed by atoms with Crippen LogP contribution in [0.1, 0.15) is 64.6 Å². The van der Waals surface area contributed by atoms with Gasteiger partial charge in [0.2, 0.25) is 0 Å². The summed E-state index contributed by atoms with van der Waals surface area (Å²) in [7, 11) is 0. The van der Waals surface area contributed by atoms with Crippen molar-refractivity contribution in [3.05, 3.63) is 52.3 Å². The van der Waals surface area contributed by atoms with Gasteiger partial charge in [-0.1, -0.05) is 24.3 Å². The largest absolute Gasteiger partial charge is 0.349 e. The second-order valence-electron chi connectivity index (χ2n) is 7.56. The van der Waals surface area contributed by atoms with Crippen LogP contribution in [0, 0.1) is 6.92 Å². The van der Waals surface area contributed by atoms with Crippen molar-refractivity contribution in [1.29, 1.82) is 0 Å². The summed E-state index contributed by atoms with van der Waals surface area (Å²) in [5.41, 5.74) is 5.48. The summed E-state index contributed by atoms with van der Waals surface area (Å²) in [5, 5.41) is 10.6. The Kier molecular flexibility index (Phi) is 5.07. The summed E-state index contributed by atoms with van der Waals surface area (Å²) in [6.45, 7) is 5.00. The number of hydrogen-bond donors (Lipinski definition) is 2. The van der Waals surface area contributed by atoms with Crippen molar-refractivity contribution in [3.8, 4) is 0 Å². The number of aromatic nitrogens is 2. The van der Waals surface area contributed by atoms with E-state index >= 15 is 0 Å². The Morgan fingerprint density at radius 2 is 1.96 bits per heavy atom. The number of nitrogens with one attached hydrogen (secondary N) is 2. The molecule has 2 aromatic rings. The first kappa shape index (κ1) is 17.3. The van der Waals surface area contributed by atoms with Crippen LogP contribution in [0.5, 0.6) is 0 Å². The molecular formula is C21H28N4O. The number of aryl methyl sites for hydroxylation is 2. The summed E-state index contributed by atoms with van der Waals surface area (Å²) in [6, 6.07) is 8.76. The predicted octanol–water partition coefficient (Wildman–Crippen LogP) is 3.16. The molecule has 0 spiro atoms. The number of aromatic amines is 1. The fourth-order valence-corrected chi connectivity index (χ4v) is 4.39. The molecule has 1 aliphatic carbocycles. The summed E-state index contributed by atoms with van der Waals surface area (Å²) < 4.78 is 0. The fraction of sp³-hybridized carbons (Fsp3) is 0.524. The molecule has 1 fully saturated rings. The topological polar surface area (TPSA) is 61.0 Å². The van der Waals surface area contributed by atoms with Gasteiger partial charge in [-0.3, -0.25) is 14.8 Å². The molecule has 0 saturated carbocycles. The number of fused-ring (bicyclic) bond motifs is 1.